The Morgan fingerprint density at radius 1 is 1.56 bits per heavy atom. The predicted molar refractivity (Wildman–Crippen MR) is 63.5 cm³/mol. The van der Waals surface area contributed by atoms with Gasteiger partial charge in [-0.3, -0.25) is 0 Å². The minimum absolute atomic E-state index is 0.468. The Morgan fingerprint density at radius 3 is 2.62 bits per heavy atom. The zero-order chi connectivity index (χ0) is 12.3. The van der Waals surface area contributed by atoms with Crippen molar-refractivity contribution in [3.8, 4) is 5.75 Å². The third kappa shape index (κ3) is 2.58. The summed E-state index contributed by atoms with van der Waals surface area (Å²) in [5.41, 5.74) is 0.664. The third-order valence-electron chi connectivity index (χ3n) is 2.47. The van der Waals surface area contributed by atoms with E-state index in [4.69, 9.17) is 21.4 Å². The topological polar surface area (TPSA) is 49.8 Å². The van der Waals surface area contributed by atoms with Crippen molar-refractivity contribution >= 4 is 23.3 Å². The summed E-state index contributed by atoms with van der Waals surface area (Å²) in [5.74, 6) is -0.250. The van der Waals surface area contributed by atoms with Crippen LogP contribution in [-0.4, -0.2) is 31.3 Å². The second kappa shape index (κ2) is 5.07. The molecule has 5 heteroatoms. The molecule has 1 N–H and O–H groups in total. The molecule has 0 spiro atoms. The molecule has 0 aromatic heterocycles. The van der Waals surface area contributed by atoms with Gasteiger partial charge in [-0.1, -0.05) is 11.6 Å². The lowest BCUT2D eigenvalue weighted by molar-refractivity contribution is -0.138. The number of carboxylic acid groups (broad SMARTS) is 1. The smallest absolute Gasteiger partial charge is 0.326 e. The molecule has 1 atom stereocenters. The number of halogens is 1. The van der Waals surface area contributed by atoms with Crippen molar-refractivity contribution in [1.29, 1.82) is 0 Å². The predicted octanol–water partition coefficient (Wildman–Crippen LogP) is 2.26. The molecule has 16 heavy (non-hydrogen) atoms. The highest BCUT2D eigenvalue weighted by Crippen LogP contribution is 2.30. The first-order valence-corrected chi connectivity index (χ1v) is 5.14. The van der Waals surface area contributed by atoms with Gasteiger partial charge in [-0.15, -0.1) is 0 Å². The molecule has 1 unspecified atom stereocenters. The van der Waals surface area contributed by atoms with Crippen LogP contribution < -0.4 is 9.64 Å². The SMILES string of the molecule is COc1ccc(N(C)C(C)C(=O)O)c(Cl)c1. The van der Waals surface area contributed by atoms with E-state index in [1.54, 1.807) is 44.2 Å². The molecule has 0 amide bonds. The van der Waals surface area contributed by atoms with Gasteiger partial charge in [-0.25, -0.2) is 4.79 Å². The number of ether oxygens (including phenoxy) is 1. The van der Waals surface area contributed by atoms with Gasteiger partial charge in [0.2, 0.25) is 0 Å². The van der Waals surface area contributed by atoms with Crippen molar-refractivity contribution in [2.45, 2.75) is 13.0 Å². The van der Waals surface area contributed by atoms with Crippen molar-refractivity contribution in [3.05, 3.63) is 23.2 Å². The fourth-order valence-electron chi connectivity index (χ4n) is 1.27. The Morgan fingerprint density at radius 2 is 2.19 bits per heavy atom. The first kappa shape index (κ1) is 12.6. The van der Waals surface area contributed by atoms with E-state index in [0.29, 0.717) is 16.5 Å². The van der Waals surface area contributed by atoms with Crippen molar-refractivity contribution in [2.75, 3.05) is 19.1 Å². The Labute approximate surface area is 99.4 Å². The van der Waals surface area contributed by atoms with E-state index in [1.165, 1.54) is 0 Å². The molecular weight excluding hydrogens is 230 g/mol. The maximum Gasteiger partial charge on any atom is 0.326 e. The Bertz CT molecular complexity index is 395. The lowest BCUT2D eigenvalue weighted by atomic mass is 10.2. The second-order valence-corrected chi connectivity index (χ2v) is 3.85. The number of hydrogen-bond acceptors (Lipinski definition) is 3. The van der Waals surface area contributed by atoms with Crippen LogP contribution in [0.1, 0.15) is 6.92 Å². The van der Waals surface area contributed by atoms with Crippen LogP contribution in [0.25, 0.3) is 0 Å². The van der Waals surface area contributed by atoms with E-state index < -0.39 is 12.0 Å². The molecular formula is C11H14ClNO3. The van der Waals surface area contributed by atoms with Gasteiger partial charge in [0.15, 0.2) is 0 Å². The number of carboxylic acids is 1. The molecule has 0 aliphatic rings. The quantitative estimate of drug-likeness (QED) is 0.881. The fraction of sp³-hybridized carbons (Fsp3) is 0.364. The fourth-order valence-corrected chi connectivity index (χ4v) is 1.58. The third-order valence-corrected chi connectivity index (χ3v) is 2.78. The first-order chi connectivity index (χ1) is 7.47. The van der Waals surface area contributed by atoms with Crippen LogP contribution in [0, 0.1) is 0 Å². The average Bonchev–Trinajstić information content (AvgIpc) is 2.26. The summed E-state index contributed by atoms with van der Waals surface area (Å²) >= 11 is 6.04. The minimum atomic E-state index is -0.894. The van der Waals surface area contributed by atoms with Gasteiger partial charge in [0.1, 0.15) is 11.8 Å². The number of methoxy groups -OCH3 is 1. The minimum Gasteiger partial charge on any atom is -0.497 e. The van der Waals surface area contributed by atoms with Gasteiger partial charge in [-0.05, 0) is 19.1 Å². The first-order valence-electron chi connectivity index (χ1n) is 4.76. The number of likely N-dealkylation sites (N-methyl/N-ethyl adjacent to an activating group) is 1. The molecule has 88 valence electrons. The summed E-state index contributed by atoms with van der Waals surface area (Å²) < 4.78 is 5.02. The highest BCUT2D eigenvalue weighted by molar-refractivity contribution is 6.33. The van der Waals surface area contributed by atoms with Crippen LogP contribution in [0.2, 0.25) is 5.02 Å². The Balaban J connectivity index is 3.00. The van der Waals surface area contributed by atoms with E-state index in [1.807, 2.05) is 0 Å². The molecule has 0 aliphatic heterocycles. The van der Waals surface area contributed by atoms with Crippen LogP contribution in [0.3, 0.4) is 0 Å². The standard InChI is InChI=1S/C11H14ClNO3/c1-7(11(14)15)13(2)10-5-4-8(16-3)6-9(10)12/h4-7H,1-3H3,(H,14,15). The lowest BCUT2D eigenvalue weighted by Gasteiger charge is -2.24. The van der Waals surface area contributed by atoms with Gasteiger partial charge < -0.3 is 14.7 Å². The maximum atomic E-state index is 10.8. The number of nitrogens with zero attached hydrogens (tertiary/aromatic N) is 1. The van der Waals surface area contributed by atoms with Gasteiger partial charge in [0.25, 0.3) is 0 Å². The van der Waals surface area contributed by atoms with Gasteiger partial charge >= 0.3 is 5.97 Å². The Hall–Kier alpha value is -1.42. The molecule has 1 aromatic carbocycles. The van der Waals surface area contributed by atoms with Crippen LogP contribution in [0.5, 0.6) is 5.75 Å². The number of hydrogen-bond donors (Lipinski definition) is 1. The van der Waals surface area contributed by atoms with E-state index >= 15 is 0 Å². The normalized spacial score (nSPS) is 12.0. The zero-order valence-electron chi connectivity index (χ0n) is 9.40. The summed E-state index contributed by atoms with van der Waals surface area (Å²) in [6.45, 7) is 1.60. The van der Waals surface area contributed by atoms with E-state index in [2.05, 4.69) is 0 Å². The molecule has 1 aromatic rings. The average molecular weight is 244 g/mol. The molecule has 0 fully saturated rings. The van der Waals surface area contributed by atoms with Crippen LogP contribution >= 0.6 is 11.6 Å². The number of anilines is 1. The van der Waals surface area contributed by atoms with Crippen LogP contribution in [-0.2, 0) is 4.79 Å². The molecule has 0 radical (unpaired) electrons. The zero-order valence-corrected chi connectivity index (χ0v) is 10.2. The van der Waals surface area contributed by atoms with E-state index in [0.717, 1.165) is 0 Å². The molecule has 0 bridgehead atoms. The molecule has 0 saturated heterocycles. The molecule has 0 saturated carbocycles. The molecule has 1 rings (SSSR count). The second-order valence-electron chi connectivity index (χ2n) is 3.44. The van der Waals surface area contributed by atoms with Crippen LogP contribution in [0.4, 0.5) is 5.69 Å². The lowest BCUT2D eigenvalue weighted by Crippen LogP contribution is -2.35. The van der Waals surface area contributed by atoms with E-state index in [-0.39, 0.29) is 0 Å². The summed E-state index contributed by atoms with van der Waals surface area (Å²) in [6, 6.07) is 4.50. The van der Waals surface area contributed by atoms with Crippen molar-refractivity contribution in [2.24, 2.45) is 0 Å². The maximum absolute atomic E-state index is 10.8. The van der Waals surface area contributed by atoms with Crippen LogP contribution in [0.15, 0.2) is 18.2 Å². The summed E-state index contributed by atoms with van der Waals surface area (Å²) in [6.07, 6.45) is 0. The van der Waals surface area contributed by atoms with Crippen molar-refractivity contribution in [3.63, 3.8) is 0 Å². The summed E-state index contributed by atoms with van der Waals surface area (Å²) in [7, 11) is 3.24. The summed E-state index contributed by atoms with van der Waals surface area (Å²) in [4.78, 5) is 12.4. The molecule has 4 nitrogen and oxygen atoms in total. The summed E-state index contributed by atoms with van der Waals surface area (Å²) in [5, 5.41) is 9.36. The van der Waals surface area contributed by atoms with Gasteiger partial charge in [0.05, 0.1) is 17.8 Å². The molecule has 0 heterocycles. The van der Waals surface area contributed by atoms with Gasteiger partial charge in [-0.2, -0.15) is 0 Å². The number of benzene rings is 1. The van der Waals surface area contributed by atoms with E-state index in [9.17, 15) is 4.79 Å². The van der Waals surface area contributed by atoms with Crippen molar-refractivity contribution < 1.29 is 14.6 Å². The molecule has 0 aliphatic carbocycles. The largest absolute Gasteiger partial charge is 0.497 e. The highest BCUT2D eigenvalue weighted by atomic mass is 35.5. The number of rotatable bonds is 4. The Kier molecular flexibility index (Phi) is 4.01. The number of aliphatic carboxylic acids is 1. The van der Waals surface area contributed by atoms with Crippen molar-refractivity contribution in [1.82, 2.24) is 0 Å². The monoisotopic (exact) mass is 243 g/mol. The van der Waals surface area contributed by atoms with Gasteiger partial charge in [0, 0.05) is 13.1 Å². The number of carbonyl (C=O) groups is 1. The highest BCUT2D eigenvalue weighted by Gasteiger charge is 2.19.